The fourth-order valence-corrected chi connectivity index (χ4v) is 11.2. The third-order valence-electron chi connectivity index (χ3n) is 14.2. The van der Waals surface area contributed by atoms with Crippen LogP contribution < -0.4 is 5.32 Å². The van der Waals surface area contributed by atoms with E-state index in [1.165, 1.54) is 94.6 Å². The molecule has 0 saturated heterocycles. The Morgan fingerprint density at radius 2 is 0.985 bits per heavy atom. The molecule has 2 unspecified atom stereocenters. The Balaban J connectivity index is 0.000000455. The minimum absolute atomic E-state index is 0.473. The summed E-state index contributed by atoms with van der Waals surface area (Å²) in [4.78, 5) is 0. The summed E-state index contributed by atoms with van der Waals surface area (Å²) in [5, 5.41) is 3.47. The molecule has 11 rings (SSSR count). The van der Waals surface area contributed by atoms with Gasteiger partial charge >= 0.3 is 0 Å². The van der Waals surface area contributed by atoms with Gasteiger partial charge < -0.3 is 5.32 Å². The van der Waals surface area contributed by atoms with E-state index in [2.05, 4.69) is 245 Å². The first-order valence-corrected chi connectivity index (χ1v) is 23.3. The molecule has 8 aromatic rings. The highest BCUT2D eigenvalue weighted by molar-refractivity contribution is 5.96. The van der Waals surface area contributed by atoms with E-state index in [1.807, 2.05) is 25.1 Å². The van der Waals surface area contributed by atoms with Crippen molar-refractivity contribution in [2.45, 2.75) is 37.5 Å². The van der Waals surface area contributed by atoms with Crippen LogP contribution in [0.3, 0.4) is 0 Å². The van der Waals surface area contributed by atoms with Gasteiger partial charge in [0.25, 0.3) is 0 Å². The van der Waals surface area contributed by atoms with Gasteiger partial charge in [0, 0.05) is 12.2 Å². The van der Waals surface area contributed by atoms with Gasteiger partial charge in [0.2, 0.25) is 0 Å². The van der Waals surface area contributed by atoms with Crippen molar-refractivity contribution in [3.8, 4) is 33.4 Å². The standard InChI is InChI=1S/C55H43N.C10H12/c1-4-6-21-46-37(3)42-17-8-11-22-47(42)55(46)51-26-15-14-25-50(51)54(48-23-12-9-18-44(48)45-19-10-13-24-49(45)54)52-27-16-20-43(53(52)55)40-30-28-38(29-31-40)39-32-34-41(35-33-39)56-36-7-5-2;1-3-9(2)10-7-5-4-6-8-10/h4-35,56H,1,36H2,2-3H3;3-9H,1H2,2H3/b7-5-,21-6-;. The molecule has 0 radical (unpaired) electrons. The molecule has 0 aliphatic heterocycles. The summed E-state index contributed by atoms with van der Waals surface area (Å²) in [5.41, 5.74) is 22.1. The zero-order valence-electron chi connectivity index (χ0n) is 38.1. The summed E-state index contributed by atoms with van der Waals surface area (Å²) in [6.45, 7) is 15.2. The Kier molecular flexibility index (Phi) is 11.3. The molecule has 0 aromatic heterocycles. The zero-order chi connectivity index (χ0) is 45.3. The van der Waals surface area contributed by atoms with E-state index in [0.29, 0.717) is 5.92 Å². The second-order valence-corrected chi connectivity index (χ2v) is 17.6. The first kappa shape index (κ1) is 42.2. The van der Waals surface area contributed by atoms with Gasteiger partial charge in [-0.3, -0.25) is 0 Å². The SMILES string of the molecule is C=C/C=C\C1=C(C)c2ccccc2C12c1ccccc1C1(c3ccccc3-c3ccccc31)c1cccc(-c3ccc(-c4ccc(NC/C=C\C)cc4)cc3)c12.C=CC(C)c1ccccc1. The van der Waals surface area contributed by atoms with E-state index in [-0.39, 0.29) is 0 Å². The van der Waals surface area contributed by atoms with E-state index in [9.17, 15) is 0 Å². The molecule has 0 saturated carbocycles. The number of nitrogens with one attached hydrogen (secondary N) is 1. The zero-order valence-corrected chi connectivity index (χ0v) is 38.1. The highest BCUT2D eigenvalue weighted by Crippen LogP contribution is 2.68. The molecule has 3 aliphatic rings. The quantitative estimate of drug-likeness (QED) is 0.113. The number of hydrogen-bond donors (Lipinski definition) is 1. The third kappa shape index (κ3) is 6.61. The van der Waals surface area contributed by atoms with E-state index < -0.39 is 10.8 Å². The van der Waals surface area contributed by atoms with Crippen LogP contribution in [0.4, 0.5) is 5.69 Å². The topological polar surface area (TPSA) is 12.0 Å². The van der Waals surface area contributed by atoms with Gasteiger partial charge in [-0.1, -0.05) is 232 Å². The van der Waals surface area contributed by atoms with Crippen LogP contribution in [0.5, 0.6) is 0 Å². The van der Waals surface area contributed by atoms with Gasteiger partial charge in [-0.25, -0.2) is 0 Å². The van der Waals surface area contributed by atoms with Crippen molar-refractivity contribution in [2.24, 2.45) is 0 Å². The predicted molar refractivity (Wildman–Crippen MR) is 281 cm³/mol. The Morgan fingerprint density at radius 1 is 0.500 bits per heavy atom. The van der Waals surface area contributed by atoms with Gasteiger partial charge in [0.05, 0.1) is 10.8 Å². The highest BCUT2D eigenvalue weighted by Gasteiger charge is 2.59. The van der Waals surface area contributed by atoms with Crippen molar-refractivity contribution in [1.82, 2.24) is 0 Å². The highest BCUT2D eigenvalue weighted by atomic mass is 14.8. The number of benzene rings is 8. The Labute approximate surface area is 391 Å². The van der Waals surface area contributed by atoms with Gasteiger partial charge in [-0.2, -0.15) is 0 Å². The molecule has 3 aliphatic carbocycles. The third-order valence-corrected chi connectivity index (χ3v) is 14.2. The van der Waals surface area contributed by atoms with Crippen molar-refractivity contribution in [3.05, 3.63) is 299 Å². The average Bonchev–Trinajstić information content (AvgIpc) is 3.81. The molecule has 0 amide bonds. The van der Waals surface area contributed by atoms with Gasteiger partial charge in [0.15, 0.2) is 0 Å². The molecule has 8 aromatic carbocycles. The van der Waals surface area contributed by atoms with Crippen molar-refractivity contribution in [1.29, 1.82) is 0 Å². The van der Waals surface area contributed by atoms with Crippen molar-refractivity contribution >= 4 is 11.3 Å². The summed E-state index contributed by atoms with van der Waals surface area (Å²) in [6, 6.07) is 72.1. The summed E-state index contributed by atoms with van der Waals surface area (Å²) in [5.74, 6) is 0.473. The summed E-state index contributed by atoms with van der Waals surface area (Å²) in [6.07, 6.45) is 12.5. The molecule has 1 N–H and O–H groups in total. The molecular weight excluding hydrogens is 795 g/mol. The maximum Gasteiger partial charge on any atom is 0.0722 e. The normalized spacial score (nSPS) is 16.2. The first-order valence-electron chi connectivity index (χ1n) is 23.3. The Morgan fingerprint density at radius 3 is 1.58 bits per heavy atom. The lowest BCUT2D eigenvalue weighted by molar-refractivity contribution is 0.631. The second-order valence-electron chi connectivity index (χ2n) is 17.6. The number of allylic oxidation sites excluding steroid dienone is 7. The number of rotatable bonds is 9. The first-order chi connectivity index (χ1) is 32.5. The summed E-state index contributed by atoms with van der Waals surface area (Å²) in [7, 11) is 0. The van der Waals surface area contributed by atoms with Crippen LogP contribution in [0.2, 0.25) is 0 Å². The second kappa shape index (κ2) is 17.7. The molecule has 0 fully saturated rings. The van der Waals surface area contributed by atoms with Crippen LogP contribution in [-0.2, 0) is 10.8 Å². The number of hydrogen-bond acceptors (Lipinski definition) is 1. The minimum atomic E-state index is -0.575. The molecule has 1 nitrogen and oxygen atoms in total. The maximum atomic E-state index is 4.13. The molecule has 66 heavy (non-hydrogen) atoms. The van der Waals surface area contributed by atoms with Crippen molar-refractivity contribution < 1.29 is 0 Å². The fourth-order valence-electron chi connectivity index (χ4n) is 11.2. The molecule has 2 spiro atoms. The lowest BCUT2D eigenvalue weighted by Crippen LogP contribution is -2.44. The van der Waals surface area contributed by atoms with Crippen LogP contribution >= 0.6 is 0 Å². The predicted octanol–water partition coefficient (Wildman–Crippen LogP) is 16.5. The fraction of sp³-hybridized carbons (Fsp3) is 0.108. The van der Waals surface area contributed by atoms with Crippen LogP contribution in [0.15, 0.2) is 249 Å². The number of anilines is 1. The van der Waals surface area contributed by atoms with Crippen LogP contribution in [0.25, 0.3) is 39.0 Å². The lowest BCUT2D eigenvalue weighted by Gasteiger charge is -2.50. The van der Waals surface area contributed by atoms with Gasteiger partial charge in [-0.05, 0) is 126 Å². The smallest absolute Gasteiger partial charge is 0.0722 e. The Hall–Kier alpha value is -7.74. The summed E-state index contributed by atoms with van der Waals surface area (Å²) < 4.78 is 0. The van der Waals surface area contributed by atoms with Crippen LogP contribution in [-0.4, -0.2) is 6.54 Å². The van der Waals surface area contributed by atoms with Crippen molar-refractivity contribution in [2.75, 3.05) is 11.9 Å². The van der Waals surface area contributed by atoms with E-state index in [1.54, 1.807) is 0 Å². The van der Waals surface area contributed by atoms with Crippen LogP contribution in [0.1, 0.15) is 76.8 Å². The lowest BCUT2D eigenvalue weighted by atomic mass is 9.51. The molecule has 320 valence electrons. The Bertz CT molecular complexity index is 3150. The molecule has 1 heteroatoms. The molecule has 0 heterocycles. The monoisotopic (exact) mass is 849 g/mol. The summed E-state index contributed by atoms with van der Waals surface area (Å²) >= 11 is 0. The largest absolute Gasteiger partial charge is 0.382 e. The minimum Gasteiger partial charge on any atom is -0.382 e. The van der Waals surface area contributed by atoms with Gasteiger partial charge in [0.1, 0.15) is 0 Å². The van der Waals surface area contributed by atoms with E-state index in [0.717, 1.165) is 12.2 Å². The van der Waals surface area contributed by atoms with Gasteiger partial charge in [-0.15, -0.1) is 6.58 Å². The molecule has 0 bridgehead atoms. The van der Waals surface area contributed by atoms with E-state index >= 15 is 0 Å². The number of fused-ring (bicyclic) bond motifs is 13. The van der Waals surface area contributed by atoms with Crippen molar-refractivity contribution in [3.63, 3.8) is 0 Å². The van der Waals surface area contributed by atoms with E-state index in [4.69, 9.17) is 0 Å². The molecular formula is C65H55N. The maximum absolute atomic E-state index is 4.13. The average molecular weight is 850 g/mol. The molecule has 2 atom stereocenters. The van der Waals surface area contributed by atoms with Crippen LogP contribution in [0, 0.1) is 0 Å².